The number of hydrogen-bond donors (Lipinski definition) is 0. The number of nitrogens with zero attached hydrogens (tertiary/aromatic N) is 1. The first-order valence-corrected chi connectivity index (χ1v) is 6.99. The first-order valence-electron chi connectivity index (χ1n) is 6.45. The van der Waals surface area contributed by atoms with E-state index < -0.39 is 17.5 Å². The Morgan fingerprint density at radius 1 is 1.37 bits per heavy atom. The van der Waals surface area contributed by atoms with Crippen molar-refractivity contribution in [2.45, 2.75) is 31.7 Å². The van der Waals surface area contributed by atoms with E-state index in [9.17, 15) is 13.6 Å². The lowest BCUT2D eigenvalue weighted by Gasteiger charge is -2.37. The SMILES string of the molecule is O=C(c1cc(F)ccc1F)N(CCCCl)C1CCC1. The third-order valence-electron chi connectivity index (χ3n) is 3.47. The molecule has 1 amide bonds. The van der Waals surface area contributed by atoms with Gasteiger partial charge in [0.2, 0.25) is 0 Å². The largest absolute Gasteiger partial charge is 0.336 e. The van der Waals surface area contributed by atoms with Crippen molar-refractivity contribution in [3.05, 3.63) is 35.4 Å². The van der Waals surface area contributed by atoms with Crippen LogP contribution in [0.25, 0.3) is 0 Å². The molecule has 0 bridgehead atoms. The van der Waals surface area contributed by atoms with Gasteiger partial charge in [-0.25, -0.2) is 8.78 Å². The molecule has 0 saturated heterocycles. The predicted molar refractivity (Wildman–Crippen MR) is 70.4 cm³/mol. The van der Waals surface area contributed by atoms with Gasteiger partial charge in [0.25, 0.3) is 5.91 Å². The van der Waals surface area contributed by atoms with Gasteiger partial charge in [-0.05, 0) is 43.9 Å². The maximum atomic E-state index is 13.6. The van der Waals surface area contributed by atoms with Crippen LogP contribution < -0.4 is 0 Å². The van der Waals surface area contributed by atoms with E-state index in [1.54, 1.807) is 4.90 Å². The van der Waals surface area contributed by atoms with Crippen molar-refractivity contribution in [1.82, 2.24) is 4.90 Å². The summed E-state index contributed by atoms with van der Waals surface area (Å²) in [5, 5.41) is 0. The van der Waals surface area contributed by atoms with Crippen LogP contribution >= 0.6 is 11.6 Å². The number of hydrogen-bond acceptors (Lipinski definition) is 1. The van der Waals surface area contributed by atoms with Crippen LogP contribution in [0.15, 0.2) is 18.2 Å². The molecule has 1 aliphatic rings. The van der Waals surface area contributed by atoms with Gasteiger partial charge in [-0.1, -0.05) is 0 Å². The number of halogens is 3. The predicted octanol–water partition coefficient (Wildman–Crippen LogP) is 3.59. The lowest BCUT2D eigenvalue weighted by molar-refractivity contribution is 0.0575. The Morgan fingerprint density at radius 2 is 2.11 bits per heavy atom. The lowest BCUT2D eigenvalue weighted by atomic mass is 9.90. The summed E-state index contributed by atoms with van der Waals surface area (Å²) in [6.45, 7) is 0.489. The third kappa shape index (κ3) is 3.24. The molecule has 0 N–H and O–H groups in total. The zero-order chi connectivity index (χ0) is 13.8. The van der Waals surface area contributed by atoms with Crippen LogP contribution in [0, 0.1) is 11.6 Å². The monoisotopic (exact) mass is 287 g/mol. The number of carbonyl (C=O) groups excluding carboxylic acids is 1. The summed E-state index contributed by atoms with van der Waals surface area (Å²) in [5.74, 6) is -1.27. The Labute approximate surface area is 116 Å². The van der Waals surface area contributed by atoms with E-state index in [-0.39, 0.29) is 11.6 Å². The smallest absolute Gasteiger partial charge is 0.257 e. The van der Waals surface area contributed by atoms with Crippen molar-refractivity contribution < 1.29 is 13.6 Å². The molecular weight excluding hydrogens is 272 g/mol. The van der Waals surface area contributed by atoms with E-state index in [0.29, 0.717) is 18.8 Å². The van der Waals surface area contributed by atoms with Gasteiger partial charge in [0.1, 0.15) is 11.6 Å². The van der Waals surface area contributed by atoms with Crippen molar-refractivity contribution >= 4 is 17.5 Å². The Hall–Kier alpha value is -1.16. The standard InChI is InChI=1S/C14H16ClF2NO/c15-7-2-8-18(11-3-1-4-11)14(19)12-9-10(16)5-6-13(12)17/h5-6,9,11H,1-4,7-8H2. The summed E-state index contributed by atoms with van der Waals surface area (Å²) in [6.07, 6.45) is 3.57. The molecule has 2 nitrogen and oxygen atoms in total. The molecule has 1 aromatic carbocycles. The second-order valence-corrected chi connectivity index (χ2v) is 5.13. The maximum Gasteiger partial charge on any atom is 0.257 e. The molecule has 19 heavy (non-hydrogen) atoms. The first kappa shape index (κ1) is 14.3. The number of alkyl halides is 1. The van der Waals surface area contributed by atoms with Crippen LogP contribution in [0.1, 0.15) is 36.0 Å². The van der Waals surface area contributed by atoms with Crippen molar-refractivity contribution in [3.63, 3.8) is 0 Å². The minimum atomic E-state index is -0.679. The molecule has 0 atom stereocenters. The summed E-state index contributed by atoms with van der Waals surface area (Å²) < 4.78 is 26.8. The topological polar surface area (TPSA) is 20.3 Å². The summed E-state index contributed by atoms with van der Waals surface area (Å²) in [5.41, 5.74) is -0.193. The maximum absolute atomic E-state index is 13.6. The van der Waals surface area contributed by atoms with Gasteiger partial charge in [-0.3, -0.25) is 4.79 Å². The molecule has 2 rings (SSSR count). The minimum Gasteiger partial charge on any atom is -0.336 e. The molecule has 0 heterocycles. The zero-order valence-electron chi connectivity index (χ0n) is 10.5. The highest BCUT2D eigenvalue weighted by Crippen LogP contribution is 2.27. The number of benzene rings is 1. The highest BCUT2D eigenvalue weighted by atomic mass is 35.5. The molecule has 0 unspecified atom stereocenters. The molecule has 1 aromatic rings. The lowest BCUT2D eigenvalue weighted by Crippen LogP contribution is -2.45. The zero-order valence-corrected chi connectivity index (χ0v) is 11.3. The number of amides is 1. The molecule has 0 aromatic heterocycles. The van der Waals surface area contributed by atoms with Crippen molar-refractivity contribution in [3.8, 4) is 0 Å². The van der Waals surface area contributed by atoms with E-state index in [1.165, 1.54) is 0 Å². The summed E-state index contributed by atoms with van der Waals surface area (Å²) in [7, 11) is 0. The van der Waals surface area contributed by atoms with E-state index in [2.05, 4.69) is 0 Å². The number of carbonyl (C=O) groups is 1. The molecule has 1 aliphatic carbocycles. The van der Waals surface area contributed by atoms with Crippen LogP contribution in [-0.4, -0.2) is 29.3 Å². The molecular formula is C14H16ClF2NO. The quantitative estimate of drug-likeness (QED) is 0.758. The van der Waals surface area contributed by atoms with Crippen LogP contribution in [0.3, 0.4) is 0 Å². The molecule has 1 fully saturated rings. The summed E-state index contributed by atoms with van der Waals surface area (Å²) >= 11 is 5.65. The van der Waals surface area contributed by atoms with E-state index in [0.717, 1.165) is 37.5 Å². The number of rotatable bonds is 5. The van der Waals surface area contributed by atoms with E-state index in [1.807, 2.05) is 0 Å². The van der Waals surface area contributed by atoms with Gasteiger partial charge >= 0.3 is 0 Å². The van der Waals surface area contributed by atoms with Gasteiger partial charge in [-0.2, -0.15) is 0 Å². The highest BCUT2D eigenvalue weighted by molar-refractivity contribution is 6.17. The van der Waals surface area contributed by atoms with Crippen molar-refractivity contribution in [1.29, 1.82) is 0 Å². The highest BCUT2D eigenvalue weighted by Gasteiger charge is 2.30. The average molecular weight is 288 g/mol. The van der Waals surface area contributed by atoms with Crippen LogP contribution in [0.4, 0.5) is 8.78 Å². The fourth-order valence-corrected chi connectivity index (χ4v) is 2.31. The van der Waals surface area contributed by atoms with Gasteiger partial charge < -0.3 is 4.90 Å². The molecule has 0 aliphatic heterocycles. The van der Waals surface area contributed by atoms with Gasteiger partial charge in [0.15, 0.2) is 0 Å². The molecule has 1 saturated carbocycles. The first-order chi connectivity index (χ1) is 9.13. The van der Waals surface area contributed by atoms with Crippen LogP contribution in [-0.2, 0) is 0 Å². The molecule has 104 valence electrons. The fourth-order valence-electron chi connectivity index (χ4n) is 2.19. The normalized spacial score (nSPS) is 15.1. The minimum absolute atomic E-state index is 0.137. The summed E-state index contributed by atoms with van der Waals surface area (Å²) in [6, 6.07) is 3.10. The summed E-state index contributed by atoms with van der Waals surface area (Å²) in [4.78, 5) is 14.0. The second-order valence-electron chi connectivity index (χ2n) is 4.75. The van der Waals surface area contributed by atoms with Crippen molar-refractivity contribution in [2.24, 2.45) is 0 Å². The van der Waals surface area contributed by atoms with Crippen molar-refractivity contribution in [2.75, 3.05) is 12.4 Å². The molecule has 5 heteroatoms. The van der Waals surface area contributed by atoms with Crippen LogP contribution in [0.5, 0.6) is 0 Å². The molecule has 0 radical (unpaired) electrons. The van der Waals surface area contributed by atoms with Gasteiger partial charge in [0, 0.05) is 18.5 Å². The van der Waals surface area contributed by atoms with Gasteiger partial charge in [0.05, 0.1) is 5.56 Å². The fraction of sp³-hybridized carbons (Fsp3) is 0.500. The third-order valence-corrected chi connectivity index (χ3v) is 3.74. The Kier molecular flexibility index (Phi) is 4.75. The molecule has 0 spiro atoms. The second kappa shape index (κ2) is 6.33. The van der Waals surface area contributed by atoms with Crippen LogP contribution in [0.2, 0.25) is 0 Å². The average Bonchev–Trinajstić information content (AvgIpc) is 2.34. The Bertz CT molecular complexity index is 463. The van der Waals surface area contributed by atoms with E-state index >= 15 is 0 Å². The Balaban J connectivity index is 2.19. The van der Waals surface area contributed by atoms with Gasteiger partial charge in [-0.15, -0.1) is 11.6 Å². The van der Waals surface area contributed by atoms with E-state index in [4.69, 9.17) is 11.6 Å². The Morgan fingerprint density at radius 3 is 2.68 bits per heavy atom.